The fourth-order valence-electron chi connectivity index (χ4n) is 5.40. The molecular weight excluding hydrogens is 444 g/mol. The molecule has 2 amide bonds. The SMILES string of the molecule is CCC(C)N(CC(=O)O)C(=O)C1CCCC(NC(=O)OCC2c3ccccc3-c3ccccc32)C1. The first-order valence-electron chi connectivity index (χ1n) is 12.5. The van der Waals surface area contributed by atoms with E-state index >= 15 is 0 Å². The molecule has 0 saturated heterocycles. The number of aliphatic carboxylic acids is 1. The Kier molecular flexibility index (Phi) is 7.73. The van der Waals surface area contributed by atoms with E-state index in [2.05, 4.69) is 29.6 Å². The van der Waals surface area contributed by atoms with Crippen LogP contribution < -0.4 is 5.32 Å². The standard InChI is InChI=1S/C28H34N2O5/c1-3-18(2)30(16-26(31)32)27(33)19-9-8-10-20(15-19)29-28(34)35-17-25-23-13-6-4-11-21(23)22-12-5-7-14-24(22)25/h4-7,11-14,18-20,25H,3,8-10,15-17H2,1-2H3,(H,29,34)(H,31,32). The smallest absolute Gasteiger partial charge is 0.407 e. The van der Waals surface area contributed by atoms with E-state index < -0.39 is 12.1 Å². The molecule has 0 radical (unpaired) electrons. The van der Waals surface area contributed by atoms with E-state index in [1.807, 2.05) is 38.1 Å². The molecule has 1 saturated carbocycles. The maximum absolute atomic E-state index is 13.1. The molecule has 35 heavy (non-hydrogen) atoms. The van der Waals surface area contributed by atoms with Crippen molar-refractivity contribution in [2.24, 2.45) is 5.92 Å². The second kappa shape index (κ2) is 10.9. The molecule has 1 fully saturated rings. The highest BCUT2D eigenvalue weighted by Gasteiger charge is 2.34. The van der Waals surface area contributed by atoms with Crippen LogP contribution in [-0.2, 0) is 14.3 Å². The van der Waals surface area contributed by atoms with E-state index in [9.17, 15) is 19.5 Å². The third-order valence-electron chi connectivity index (χ3n) is 7.40. The first-order valence-corrected chi connectivity index (χ1v) is 12.5. The Morgan fingerprint density at radius 1 is 1.06 bits per heavy atom. The normalized spacial score (nSPS) is 19.8. The molecule has 2 N–H and O–H groups in total. The molecule has 7 nitrogen and oxygen atoms in total. The zero-order valence-electron chi connectivity index (χ0n) is 20.4. The second-order valence-electron chi connectivity index (χ2n) is 9.65. The van der Waals surface area contributed by atoms with Gasteiger partial charge in [-0.25, -0.2) is 4.79 Å². The largest absolute Gasteiger partial charge is 0.480 e. The molecule has 0 heterocycles. The van der Waals surface area contributed by atoms with Crippen LogP contribution in [0.3, 0.4) is 0 Å². The van der Waals surface area contributed by atoms with E-state index in [1.54, 1.807) is 0 Å². The molecular formula is C28H34N2O5. The molecule has 2 aromatic carbocycles. The number of rotatable bonds is 8. The first-order chi connectivity index (χ1) is 16.9. The van der Waals surface area contributed by atoms with Gasteiger partial charge in [-0.2, -0.15) is 0 Å². The maximum atomic E-state index is 13.1. The number of carboxylic acid groups (broad SMARTS) is 1. The molecule has 0 aliphatic heterocycles. The lowest BCUT2D eigenvalue weighted by Gasteiger charge is -2.34. The quantitative estimate of drug-likeness (QED) is 0.568. The number of alkyl carbamates (subject to hydrolysis) is 1. The fraction of sp³-hybridized carbons (Fsp3) is 0.464. The second-order valence-corrected chi connectivity index (χ2v) is 9.65. The molecule has 0 bridgehead atoms. The van der Waals surface area contributed by atoms with Crippen LogP contribution >= 0.6 is 0 Å². The summed E-state index contributed by atoms with van der Waals surface area (Å²) in [4.78, 5) is 38.6. The molecule has 2 aromatic rings. The number of nitrogens with zero attached hydrogens (tertiary/aromatic N) is 1. The molecule has 0 aromatic heterocycles. The van der Waals surface area contributed by atoms with Gasteiger partial charge in [0.15, 0.2) is 0 Å². The molecule has 3 atom stereocenters. The van der Waals surface area contributed by atoms with Crippen molar-refractivity contribution in [3.05, 3.63) is 59.7 Å². The number of carbonyl (C=O) groups excluding carboxylic acids is 2. The van der Waals surface area contributed by atoms with E-state index in [4.69, 9.17) is 4.74 Å². The van der Waals surface area contributed by atoms with Crippen LogP contribution in [0.1, 0.15) is 63.0 Å². The van der Waals surface area contributed by atoms with Crippen molar-refractivity contribution < 1.29 is 24.2 Å². The topological polar surface area (TPSA) is 95.9 Å². The average molecular weight is 479 g/mol. The number of benzene rings is 2. The number of amides is 2. The molecule has 0 spiro atoms. The predicted molar refractivity (Wildman–Crippen MR) is 133 cm³/mol. The van der Waals surface area contributed by atoms with Crippen LogP contribution in [0.4, 0.5) is 4.79 Å². The summed E-state index contributed by atoms with van der Waals surface area (Å²) in [5.74, 6) is -1.45. The summed E-state index contributed by atoms with van der Waals surface area (Å²) in [6.45, 7) is 3.76. The fourth-order valence-corrected chi connectivity index (χ4v) is 5.40. The Morgan fingerprint density at radius 3 is 2.29 bits per heavy atom. The van der Waals surface area contributed by atoms with Gasteiger partial charge < -0.3 is 20.1 Å². The summed E-state index contributed by atoms with van der Waals surface area (Å²) in [5.41, 5.74) is 4.68. The zero-order chi connectivity index (χ0) is 24.9. The first kappa shape index (κ1) is 24.8. The number of carboxylic acids is 1. The number of hydrogen-bond acceptors (Lipinski definition) is 4. The van der Waals surface area contributed by atoms with Gasteiger partial charge in [-0.15, -0.1) is 0 Å². The van der Waals surface area contributed by atoms with Crippen molar-refractivity contribution in [1.29, 1.82) is 0 Å². The summed E-state index contributed by atoms with van der Waals surface area (Å²) in [6, 6.07) is 16.1. The molecule has 3 unspecified atom stereocenters. The van der Waals surface area contributed by atoms with E-state index in [0.717, 1.165) is 24.0 Å². The third kappa shape index (κ3) is 5.50. The van der Waals surface area contributed by atoms with Crippen molar-refractivity contribution in [1.82, 2.24) is 10.2 Å². The van der Waals surface area contributed by atoms with Gasteiger partial charge in [0, 0.05) is 23.9 Å². The third-order valence-corrected chi connectivity index (χ3v) is 7.40. The van der Waals surface area contributed by atoms with Crippen molar-refractivity contribution in [3.8, 4) is 11.1 Å². The highest BCUT2D eigenvalue weighted by molar-refractivity contribution is 5.83. The highest BCUT2D eigenvalue weighted by atomic mass is 16.5. The average Bonchev–Trinajstić information content (AvgIpc) is 3.19. The summed E-state index contributed by atoms with van der Waals surface area (Å²) in [7, 11) is 0. The molecule has 186 valence electrons. The Labute approximate surface area is 206 Å². The van der Waals surface area contributed by atoms with Crippen molar-refractivity contribution in [2.45, 2.75) is 64.0 Å². The van der Waals surface area contributed by atoms with E-state index in [1.165, 1.54) is 16.0 Å². The number of carbonyl (C=O) groups is 3. The lowest BCUT2D eigenvalue weighted by molar-refractivity contribution is -0.148. The van der Waals surface area contributed by atoms with Crippen LogP contribution in [0.2, 0.25) is 0 Å². The van der Waals surface area contributed by atoms with Crippen LogP contribution in [0, 0.1) is 5.92 Å². The lowest BCUT2D eigenvalue weighted by atomic mass is 9.84. The van der Waals surface area contributed by atoms with Crippen LogP contribution in [0.5, 0.6) is 0 Å². The Balaban J connectivity index is 1.35. The summed E-state index contributed by atoms with van der Waals surface area (Å²) in [6.07, 6.45) is 2.98. The number of fused-ring (bicyclic) bond motifs is 3. The van der Waals surface area contributed by atoms with Crippen molar-refractivity contribution in [3.63, 3.8) is 0 Å². The maximum Gasteiger partial charge on any atom is 0.407 e. The van der Waals surface area contributed by atoms with Gasteiger partial charge in [0.05, 0.1) is 0 Å². The van der Waals surface area contributed by atoms with Gasteiger partial charge in [0.2, 0.25) is 5.91 Å². The lowest BCUT2D eigenvalue weighted by Crippen LogP contribution is -2.48. The van der Waals surface area contributed by atoms with Gasteiger partial charge in [-0.05, 0) is 54.9 Å². The minimum absolute atomic E-state index is 0.00561. The predicted octanol–water partition coefficient (Wildman–Crippen LogP) is 4.80. The minimum atomic E-state index is -1.01. The van der Waals surface area contributed by atoms with E-state index in [-0.39, 0.29) is 43.0 Å². The van der Waals surface area contributed by atoms with Gasteiger partial charge in [0.1, 0.15) is 13.2 Å². The number of ether oxygens (including phenoxy) is 1. The Hall–Kier alpha value is -3.35. The van der Waals surface area contributed by atoms with Crippen LogP contribution in [-0.4, -0.2) is 53.2 Å². The number of hydrogen-bond donors (Lipinski definition) is 2. The molecule has 7 heteroatoms. The van der Waals surface area contributed by atoms with Crippen molar-refractivity contribution >= 4 is 18.0 Å². The molecule has 2 aliphatic rings. The monoisotopic (exact) mass is 478 g/mol. The van der Waals surface area contributed by atoms with Crippen LogP contribution in [0.15, 0.2) is 48.5 Å². The van der Waals surface area contributed by atoms with Gasteiger partial charge in [-0.1, -0.05) is 61.9 Å². The van der Waals surface area contributed by atoms with Gasteiger partial charge >= 0.3 is 12.1 Å². The van der Waals surface area contributed by atoms with Crippen molar-refractivity contribution in [2.75, 3.05) is 13.2 Å². The number of nitrogens with one attached hydrogen (secondary N) is 1. The molecule has 2 aliphatic carbocycles. The summed E-state index contributed by atoms with van der Waals surface area (Å²) < 4.78 is 5.67. The highest BCUT2D eigenvalue weighted by Crippen LogP contribution is 2.44. The van der Waals surface area contributed by atoms with Crippen LogP contribution in [0.25, 0.3) is 11.1 Å². The molecule has 4 rings (SSSR count). The van der Waals surface area contributed by atoms with E-state index in [0.29, 0.717) is 19.3 Å². The minimum Gasteiger partial charge on any atom is -0.480 e. The van der Waals surface area contributed by atoms with Gasteiger partial charge in [-0.3, -0.25) is 9.59 Å². The Morgan fingerprint density at radius 2 is 1.69 bits per heavy atom. The summed E-state index contributed by atoms with van der Waals surface area (Å²) >= 11 is 0. The summed E-state index contributed by atoms with van der Waals surface area (Å²) in [5, 5.41) is 12.2. The zero-order valence-corrected chi connectivity index (χ0v) is 20.4. The van der Waals surface area contributed by atoms with Gasteiger partial charge in [0.25, 0.3) is 0 Å². The Bertz CT molecular complexity index is 1040.